The summed E-state index contributed by atoms with van der Waals surface area (Å²) in [5.74, 6) is 0. The molecular weight excluding hydrogens is 140 g/mol. The standard InChI is InChI=1S/CHF3O2S.Li.H/c2-1(3,4)6-7-5;;/h7H;;. The van der Waals surface area contributed by atoms with Crippen molar-refractivity contribution in [3.05, 3.63) is 0 Å². The van der Waals surface area contributed by atoms with Gasteiger partial charge in [0.05, 0.1) is 0 Å². The Morgan fingerprint density at radius 1 is 1.38 bits per heavy atom. The van der Waals surface area contributed by atoms with Crippen molar-refractivity contribution < 1.29 is 21.6 Å². The molecule has 0 aliphatic rings. The molecule has 0 aromatic heterocycles. The Bertz CT molecular complexity index is 72.2. The van der Waals surface area contributed by atoms with Crippen LogP contribution in [0.2, 0.25) is 0 Å². The molecule has 0 aliphatic heterocycles. The summed E-state index contributed by atoms with van der Waals surface area (Å²) < 4.78 is 43.5. The van der Waals surface area contributed by atoms with Crippen LogP contribution in [0.25, 0.3) is 0 Å². The molecule has 0 saturated carbocycles. The molecule has 0 bridgehead atoms. The van der Waals surface area contributed by atoms with Crippen molar-refractivity contribution in [2.45, 2.75) is 6.36 Å². The van der Waals surface area contributed by atoms with Gasteiger partial charge in [-0.1, -0.05) is 0 Å². The van der Waals surface area contributed by atoms with Gasteiger partial charge in [-0.2, -0.15) is 4.18 Å². The second-order valence-corrected chi connectivity index (χ2v) is 0.943. The fourth-order valence-electron chi connectivity index (χ4n) is 0.0423. The van der Waals surface area contributed by atoms with Crippen LogP contribution >= 0.6 is 0 Å². The summed E-state index contributed by atoms with van der Waals surface area (Å²) in [6.45, 7) is 0. The van der Waals surface area contributed by atoms with Gasteiger partial charge in [-0.05, 0) is 0 Å². The molecule has 2 nitrogen and oxygen atoms in total. The normalized spacial score (nSPS) is 10.4. The van der Waals surface area contributed by atoms with Crippen LogP contribution in [0.1, 0.15) is 0 Å². The summed E-state index contributed by atoms with van der Waals surface area (Å²) in [7, 11) is 0. The molecule has 8 heavy (non-hydrogen) atoms. The van der Waals surface area contributed by atoms with Crippen LogP contribution < -0.4 is 0 Å². The van der Waals surface area contributed by atoms with Crippen molar-refractivity contribution in [1.82, 2.24) is 0 Å². The summed E-state index contributed by atoms with van der Waals surface area (Å²) in [5.41, 5.74) is 0. The van der Waals surface area contributed by atoms with E-state index >= 15 is 0 Å². The summed E-state index contributed by atoms with van der Waals surface area (Å²) in [6.07, 6.45) is -4.77. The molecule has 0 aliphatic carbocycles. The van der Waals surface area contributed by atoms with Gasteiger partial charge < -0.3 is 0 Å². The van der Waals surface area contributed by atoms with Gasteiger partial charge in [0.25, 0.3) is 0 Å². The van der Waals surface area contributed by atoms with E-state index in [9.17, 15) is 13.2 Å². The first-order valence-electron chi connectivity index (χ1n) is 1.14. The first-order valence-corrected chi connectivity index (χ1v) is 1.87. The van der Waals surface area contributed by atoms with Crippen molar-refractivity contribution in [3.63, 3.8) is 0 Å². The molecule has 0 aromatic carbocycles. The van der Waals surface area contributed by atoms with Gasteiger partial charge in [0.1, 0.15) is 11.9 Å². The van der Waals surface area contributed by atoms with E-state index in [0.29, 0.717) is 0 Å². The number of thiol groups is 1. The molecule has 0 rings (SSSR count). The Kier molecular flexibility index (Phi) is 6.20. The zero-order valence-corrected chi connectivity index (χ0v) is 3.79. The molecule has 0 fully saturated rings. The van der Waals surface area contributed by atoms with Crippen LogP contribution in [0.3, 0.4) is 0 Å². The van der Waals surface area contributed by atoms with Gasteiger partial charge in [0.2, 0.25) is 0 Å². The van der Waals surface area contributed by atoms with Crippen LogP contribution in [0.4, 0.5) is 13.2 Å². The molecule has 0 saturated heterocycles. The second-order valence-electron chi connectivity index (χ2n) is 0.612. The summed E-state index contributed by atoms with van der Waals surface area (Å²) in [4.78, 5) is 0. The van der Waals surface area contributed by atoms with E-state index in [2.05, 4.69) is 4.18 Å². The predicted octanol–water partition coefficient (Wildman–Crippen LogP) is -0.265. The molecule has 0 heterocycles. The monoisotopic (exact) mass is 142 g/mol. The molecular formula is CH2F3LiO2S. The molecule has 0 aromatic rings. The molecule has 0 unspecified atom stereocenters. The zero-order valence-electron chi connectivity index (χ0n) is 2.90. The molecule has 0 radical (unpaired) electrons. The minimum atomic E-state index is -4.77. The van der Waals surface area contributed by atoms with Crippen LogP contribution in [-0.2, 0) is 16.1 Å². The summed E-state index contributed by atoms with van der Waals surface area (Å²) >= 11 is -1.37. The Morgan fingerprint density at radius 3 is 1.75 bits per heavy atom. The maximum absolute atomic E-state index is 10.6. The molecule has 7 heteroatoms. The molecule has 46 valence electrons. The summed E-state index contributed by atoms with van der Waals surface area (Å²) in [5, 5.41) is 0. The van der Waals surface area contributed by atoms with Crippen molar-refractivity contribution in [3.8, 4) is 0 Å². The maximum atomic E-state index is 10.6. The fraction of sp³-hybridized carbons (Fsp3) is 1.00. The van der Waals surface area contributed by atoms with E-state index in [1.807, 2.05) is 0 Å². The number of hydrogen-bond donors (Lipinski definition) is 1. The Hall–Kier alpha value is 0.497. The topological polar surface area (TPSA) is 26.3 Å². The van der Waals surface area contributed by atoms with Crippen LogP contribution in [0.5, 0.6) is 0 Å². The van der Waals surface area contributed by atoms with Crippen molar-refractivity contribution in [1.29, 1.82) is 0 Å². The van der Waals surface area contributed by atoms with E-state index in [-0.39, 0.29) is 18.9 Å². The van der Waals surface area contributed by atoms with Gasteiger partial charge in [-0.3, -0.25) is 0 Å². The van der Waals surface area contributed by atoms with Crippen LogP contribution in [0.15, 0.2) is 0 Å². The van der Waals surface area contributed by atoms with Gasteiger partial charge in [0, 0.05) is 0 Å². The van der Waals surface area contributed by atoms with Gasteiger partial charge in [-0.25, -0.2) is 4.21 Å². The van der Waals surface area contributed by atoms with Crippen molar-refractivity contribution >= 4 is 30.8 Å². The zero-order chi connectivity index (χ0) is 5.91. The van der Waals surface area contributed by atoms with Crippen molar-refractivity contribution in [2.24, 2.45) is 0 Å². The summed E-state index contributed by atoms with van der Waals surface area (Å²) in [6, 6.07) is 0. The average molecular weight is 142 g/mol. The third-order valence-corrected chi connectivity index (χ3v) is 0.422. The average Bonchev–Trinajstić information content (AvgIpc) is 1.30. The third kappa shape index (κ3) is 9.71. The Balaban J connectivity index is 0. The van der Waals surface area contributed by atoms with Crippen LogP contribution in [-0.4, -0.2) is 29.4 Å². The predicted molar refractivity (Wildman–Crippen MR) is 23.8 cm³/mol. The van der Waals surface area contributed by atoms with E-state index in [4.69, 9.17) is 4.21 Å². The number of rotatable bonds is 1. The quantitative estimate of drug-likeness (QED) is 0.403. The minimum absolute atomic E-state index is 0. The molecule has 0 N–H and O–H groups in total. The van der Waals surface area contributed by atoms with Gasteiger partial charge >= 0.3 is 25.2 Å². The Morgan fingerprint density at radius 2 is 1.75 bits per heavy atom. The third-order valence-electron chi connectivity index (χ3n) is 0.141. The molecule has 0 spiro atoms. The van der Waals surface area contributed by atoms with E-state index in [1.165, 1.54) is 0 Å². The van der Waals surface area contributed by atoms with E-state index < -0.39 is 18.3 Å². The fourth-order valence-corrected chi connectivity index (χ4v) is 0.127. The second kappa shape index (κ2) is 4.38. The number of alkyl halides is 3. The first-order chi connectivity index (χ1) is 3.06. The SMILES string of the molecule is O=[SH]OC(F)(F)F.[LiH]. The van der Waals surface area contributed by atoms with Crippen LogP contribution in [0, 0.1) is 0 Å². The molecule has 0 atom stereocenters. The first kappa shape index (κ1) is 11.3. The van der Waals surface area contributed by atoms with Gasteiger partial charge in [-0.15, -0.1) is 13.2 Å². The number of hydrogen-bond acceptors (Lipinski definition) is 2. The number of halogens is 3. The van der Waals surface area contributed by atoms with Gasteiger partial charge in [0.15, 0.2) is 0 Å². The van der Waals surface area contributed by atoms with E-state index in [0.717, 1.165) is 0 Å². The Labute approximate surface area is 59.3 Å². The van der Waals surface area contributed by atoms with E-state index in [1.54, 1.807) is 0 Å². The van der Waals surface area contributed by atoms with Crippen molar-refractivity contribution in [2.75, 3.05) is 0 Å². The molecule has 0 amide bonds.